The maximum Gasteiger partial charge on any atom is 0.167 e. The Labute approximate surface area is 90.1 Å². The molecule has 1 nitrogen and oxygen atoms in total. The first-order valence-corrected chi connectivity index (χ1v) is 5.24. The number of rotatable bonds is 3. The number of halogens is 1. The molecule has 1 unspecified atom stereocenters. The maximum absolute atomic E-state index is 11.9. The van der Waals surface area contributed by atoms with E-state index in [0.29, 0.717) is 10.6 Å². The van der Waals surface area contributed by atoms with Crippen LogP contribution in [0.5, 0.6) is 0 Å². The minimum absolute atomic E-state index is 0.0503. The van der Waals surface area contributed by atoms with Gasteiger partial charge in [0.25, 0.3) is 0 Å². The van der Waals surface area contributed by atoms with Gasteiger partial charge in [-0.1, -0.05) is 37.1 Å². The number of Topliss-reactive ketones (excluding diaryl/α,β-unsaturated/α-hetero) is 1. The normalized spacial score (nSPS) is 12.6. The molecular formula is C12H15ClO. The summed E-state index contributed by atoms with van der Waals surface area (Å²) in [5, 5.41) is 0.556. The van der Waals surface area contributed by atoms with E-state index in [0.717, 1.165) is 12.0 Å². The quantitative estimate of drug-likeness (QED) is 0.692. The highest BCUT2D eigenvalue weighted by Crippen LogP contribution is 2.21. The molecule has 0 bridgehead atoms. The van der Waals surface area contributed by atoms with Crippen LogP contribution in [0.4, 0.5) is 0 Å². The van der Waals surface area contributed by atoms with Crippen molar-refractivity contribution in [3.63, 3.8) is 0 Å². The number of carbonyl (C=O) groups is 1. The fraction of sp³-hybridized carbons (Fsp3) is 0.417. The van der Waals surface area contributed by atoms with Gasteiger partial charge in [0.1, 0.15) is 0 Å². The van der Waals surface area contributed by atoms with Gasteiger partial charge < -0.3 is 0 Å². The van der Waals surface area contributed by atoms with E-state index in [-0.39, 0.29) is 11.7 Å². The van der Waals surface area contributed by atoms with Crippen LogP contribution in [0.25, 0.3) is 0 Å². The van der Waals surface area contributed by atoms with Crippen molar-refractivity contribution in [2.24, 2.45) is 5.92 Å². The van der Waals surface area contributed by atoms with E-state index in [1.165, 1.54) is 0 Å². The van der Waals surface area contributed by atoms with E-state index >= 15 is 0 Å². The first-order chi connectivity index (χ1) is 6.56. The van der Waals surface area contributed by atoms with E-state index in [1.807, 2.05) is 32.9 Å². The topological polar surface area (TPSA) is 17.1 Å². The molecule has 1 atom stereocenters. The van der Waals surface area contributed by atoms with E-state index in [9.17, 15) is 4.79 Å². The molecule has 0 spiro atoms. The summed E-state index contributed by atoms with van der Waals surface area (Å²) >= 11 is 5.97. The van der Waals surface area contributed by atoms with Crippen molar-refractivity contribution in [1.82, 2.24) is 0 Å². The molecule has 0 aromatic heterocycles. The zero-order valence-electron chi connectivity index (χ0n) is 8.80. The lowest BCUT2D eigenvalue weighted by Crippen LogP contribution is -2.10. The van der Waals surface area contributed by atoms with Gasteiger partial charge in [0.2, 0.25) is 0 Å². The molecule has 0 amide bonds. The lowest BCUT2D eigenvalue weighted by Gasteiger charge is -2.09. The van der Waals surface area contributed by atoms with Crippen LogP contribution in [0.2, 0.25) is 5.02 Å². The zero-order chi connectivity index (χ0) is 10.7. The standard InChI is InChI=1S/C12H15ClO/c1-4-9(3)12(14)10-7-8(2)5-6-11(10)13/h5-7,9H,4H2,1-3H3. The highest BCUT2D eigenvalue weighted by molar-refractivity contribution is 6.34. The number of aryl methyl sites for hydroxylation is 1. The molecule has 76 valence electrons. The highest BCUT2D eigenvalue weighted by Gasteiger charge is 2.15. The van der Waals surface area contributed by atoms with Gasteiger partial charge in [-0.25, -0.2) is 0 Å². The van der Waals surface area contributed by atoms with Crippen molar-refractivity contribution < 1.29 is 4.79 Å². The summed E-state index contributed by atoms with van der Waals surface area (Å²) < 4.78 is 0. The van der Waals surface area contributed by atoms with Crippen molar-refractivity contribution in [3.05, 3.63) is 34.3 Å². The van der Waals surface area contributed by atoms with Crippen molar-refractivity contribution in [3.8, 4) is 0 Å². The molecule has 0 radical (unpaired) electrons. The summed E-state index contributed by atoms with van der Waals surface area (Å²) in [5.41, 5.74) is 1.72. The Morgan fingerprint density at radius 1 is 1.50 bits per heavy atom. The molecule has 14 heavy (non-hydrogen) atoms. The highest BCUT2D eigenvalue weighted by atomic mass is 35.5. The van der Waals surface area contributed by atoms with Gasteiger partial charge in [-0.05, 0) is 25.5 Å². The van der Waals surface area contributed by atoms with Crippen molar-refractivity contribution in [2.75, 3.05) is 0 Å². The monoisotopic (exact) mass is 210 g/mol. The van der Waals surface area contributed by atoms with Crippen LogP contribution in [0.1, 0.15) is 36.2 Å². The molecule has 1 aromatic rings. The number of hydrogen-bond acceptors (Lipinski definition) is 1. The van der Waals surface area contributed by atoms with Crippen LogP contribution in [-0.4, -0.2) is 5.78 Å². The third-order valence-corrected chi connectivity index (χ3v) is 2.78. The minimum atomic E-state index is 0.0503. The Bertz CT molecular complexity index is 344. The van der Waals surface area contributed by atoms with Gasteiger partial charge in [-0.2, -0.15) is 0 Å². The summed E-state index contributed by atoms with van der Waals surface area (Å²) in [6.07, 6.45) is 0.850. The molecule has 0 fully saturated rings. The average molecular weight is 211 g/mol. The molecule has 0 saturated carbocycles. The summed E-state index contributed by atoms with van der Waals surface area (Å²) in [7, 11) is 0. The molecule has 0 saturated heterocycles. The van der Waals surface area contributed by atoms with Crippen LogP contribution in [0, 0.1) is 12.8 Å². The summed E-state index contributed by atoms with van der Waals surface area (Å²) in [6, 6.07) is 5.55. The predicted octanol–water partition coefficient (Wildman–Crippen LogP) is 3.88. The second kappa shape index (κ2) is 4.61. The van der Waals surface area contributed by atoms with Crippen LogP contribution >= 0.6 is 11.6 Å². The first kappa shape index (κ1) is 11.3. The average Bonchev–Trinajstić information content (AvgIpc) is 2.19. The van der Waals surface area contributed by atoms with Crippen LogP contribution < -0.4 is 0 Å². The lowest BCUT2D eigenvalue weighted by atomic mass is 9.96. The van der Waals surface area contributed by atoms with Crippen molar-refractivity contribution in [1.29, 1.82) is 0 Å². The third-order valence-electron chi connectivity index (χ3n) is 2.45. The number of benzene rings is 1. The predicted molar refractivity (Wildman–Crippen MR) is 60.0 cm³/mol. The van der Waals surface area contributed by atoms with Crippen molar-refractivity contribution in [2.45, 2.75) is 27.2 Å². The molecule has 2 heteroatoms. The third kappa shape index (κ3) is 2.36. The van der Waals surface area contributed by atoms with Gasteiger partial charge in [0.15, 0.2) is 5.78 Å². The molecular weight excluding hydrogens is 196 g/mol. The number of ketones is 1. The molecule has 0 heterocycles. The van der Waals surface area contributed by atoms with Crippen LogP contribution in [0.3, 0.4) is 0 Å². The van der Waals surface area contributed by atoms with Gasteiger partial charge in [-0.3, -0.25) is 4.79 Å². The molecule has 0 N–H and O–H groups in total. The Balaban J connectivity index is 3.06. The number of hydrogen-bond donors (Lipinski definition) is 0. The van der Waals surface area contributed by atoms with Crippen molar-refractivity contribution >= 4 is 17.4 Å². The molecule has 1 aromatic carbocycles. The molecule has 1 rings (SSSR count). The Morgan fingerprint density at radius 2 is 2.14 bits per heavy atom. The van der Waals surface area contributed by atoms with E-state index < -0.39 is 0 Å². The summed E-state index contributed by atoms with van der Waals surface area (Å²) in [5.74, 6) is 0.190. The van der Waals surface area contributed by atoms with E-state index in [4.69, 9.17) is 11.6 Å². The number of carbonyl (C=O) groups excluding carboxylic acids is 1. The second-order valence-corrected chi connectivity index (χ2v) is 4.06. The van der Waals surface area contributed by atoms with E-state index in [1.54, 1.807) is 6.07 Å². The molecule has 0 aliphatic heterocycles. The summed E-state index contributed by atoms with van der Waals surface area (Å²) in [6.45, 7) is 5.90. The van der Waals surface area contributed by atoms with Gasteiger partial charge >= 0.3 is 0 Å². The zero-order valence-corrected chi connectivity index (χ0v) is 9.56. The van der Waals surface area contributed by atoms with Crippen LogP contribution in [0.15, 0.2) is 18.2 Å². The van der Waals surface area contributed by atoms with Gasteiger partial charge in [0.05, 0.1) is 5.02 Å². The minimum Gasteiger partial charge on any atom is -0.294 e. The maximum atomic E-state index is 11.9. The molecule has 0 aliphatic carbocycles. The van der Waals surface area contributed by atoms with Gasteiger partial charge in [-0.15, -0.1) is 0 Å². The van der Waals surface area contributed by atoms with E-state index in [2.05, 4.69) is 0 Å². The SMILES string of the molecule is CCC(C)C(=O)c1cc(C)ccc1Cl. The fourth-order valence-corrected chi connectivity index (χ4v) is 1.49. The Kier molecular flexibility index (Phi) is 3.70. The Hall–Kier alpha value is -0.820. The van der Waals surface area contributed by atoms with Gasteiger partial charge in [0, 0.05) is 11.5 Å². The van der Waals surface area contributed by atoms with Crippen LogP contribution in [-0.2, 0) is 0 Å². The summed E-state index contributed by atoms with van der Waals surface area (Å²) in [4.78, 5) is 11.9. The smallest absolute Gasteiger partial charge is 0.167 e. The second-order valence-electron chi connectivity index (χ2n) is 3.66. The molecule has 0 aliphatic rings. The first-order valence-electron chi connectivity index (χ1n) is 4.86. The fourth-order valence-electron chi connectivity index (χ4n) is 1.28. The lowest BCUT2D eigenvalue weighted by molar-refractivity contribution is 0.0927. The Morgan fingerprint density at radius 3 is 2.71 bits per heavy atom. The largest absolute Gasteiger partial charge is 0.294 e.